The summed E-state index contributed by atoms with van der Waals surface area (Å²) in [5.41, 5.74) is 1.69. The van der Waals surface area contributed by atoms with E-state index in [1.54, 1.807) is 6.07 Å². The number of phenols is 1. The van der Waals surface area contributed by atoms with E-state index < -0.39 is 0 Å². The predicted molar refractivity (Wildman–Crippen MR) is 81.8 cm³/mol. The van der Waals surface area contributed by atoms with Gasteiger partial charge in [0.25, 0.3) is 0 Å². The fourth-order valence-corrected chi connectivity index (χ4v) is 2.01. The molecule has 1 rings (SSSR count). The lowest BCUT2D eigenvalue weighted by molar-refractivity contribution is -0.122. The standard InChI is InChI=1S/C16H26N2O2/c1-11-6-7-13(14(19)10-11)12(2)17-9-8-15(20)18-16(3,4)5/h6-7,10,12,17,19H,8-9H2,1-5H3,(H,18,20). The summed E-state index contributed by atoms with van der Waals surface area (Å²) in [6.07, 6.45) is 0.425. The average molecular weight is 278 g/mol. The predicted octanol–water partition coefficient (Wildman–Crippen LogP) is 2.66. The Morgan fingerprint density at radius 2 is 2.00 bits per heavy atom. The van der Waals surface area contributed by atoms with Gasteiger partial charge in [-0.3, -0.25) is 4.79 Å². The van der Waals surface area contributed by atoms with Crippen molar-refractivity contribution < 1.29 is 9.90 Å². The summed E-state index contributed by atoms with van der Waals surface area (Å²) in [7, 11) is 0. The van der Waals surface area contributed by atoms with E-state index in [0.717, 1.165) is 11.1 Å². The molecular weight excluding hydrogens is 252 g/mol. The molecule has 1 unspecified atom stereocenters. The molecule has 0 aromatic heterocycles. The van der Waals surface area contributed by atoms with Gasteiger partial charge in [0.2, 0.25) is 5.91 Å². The Kier molecular flexibility index (Phi) is 5.57. The molecule has 1 aromatic carbocycles. The fourth-order valence-electron chi connectivity index (χ4n) is 2.01. The van der Waals surface area contributed by atoms with Crippen molar-refractivity contribution in [2.45, 2.75) is 52.6 Å². The van der Waals surface area contributed by atoms with Crippen molar-refractivity contribution >= 4 is 5.91 Å². The number of hydrogen-bond acceptors (Lipinski definition) is 3. The average Bonchev–Trinajstić information content (AvgIpc) is 2.25. The van der Waals surface area contributed by atoms with Gasteiger partial charge in [-0.05, 0) is 46.2 Å². The minimum atomic E-state index is -0.197. The second-order valence-electron chi connectivity index (χ2n) is 6.29. The van der Waals surface area contributed by atoms with Crippen LogP contribution in [0, 0.1) is 6.92 Å². The van der Waals surface area contributed by atoms with Gasteiger partial charge in [0.1, 0.15) is 5.75 Å². The first-order valence-electron chi connectivity index (χ1n) is 7.03. The van der Waals surface area contributed by atoms with Gasteiger partial charge < -0.3 is 15.7 Å². The summed E-state index contributed by atoms with van der Waals surface area (Å²) in [5.74, 6) is 0.328. The van der Waals surface area contributed by atoms with Gasteiger partial charge in [0.15, 0.2) is 0 Å². The van der Waals surface area contributed by atoms with E-state index in [1.807, 2.05) is 46.8 Å². The summed E-state index contributed by atoms with van der Waals surface area (Å²) >= 11 is 0. The second-order valence-corrected chi connectivity index (χ2v) is 6.29. The van der Waals surface area contributed by atoms with Crippen molar-refractivity contribution in [2.75, 3.05) is 6.54 Å². The fraction of sp³-hybridized carbons (Fsp3) is 0.562. The van der Waals surface area contributed by atoms with Crippen LogP contribution in [0.5, 0.6) is 5.75 Å². The largest absolute Gasteiger partial charge is 0.508 e. The molecule has 1 amide bonds. The van der Waals surface area contributed by atoms with Gasteiger partial charge in [0.05, 0.1) is 0 Å². The number of phenolic OH excluding ortho intramolecular Hbond substituents is 1. The molecule has 20 heavy (non-hydrogen) atoms. The first kappa shape index (κ1) is 16.5. The SMILES string of the molecule is Cc1ccc(C(C)NCCC(=O)NC(C)(C)C)c(O)c1. The minimum absolute atomic E-state index is 0.0121. The third-order valence-corrected chi connectivity index (χ3v) is 2.97. The highest BCUT2D eigenvalue weighted by Gasteiger charge is 2.14. The Morgan fingerprint density at radius 1 is 1.35 bits per heavy atom. The summed E-state index contributed by atoms with van der Waals surface area (Å²) in [5, 5.41) is 16.1. The molecule has 0 bridgehead atoms. The maximum Gasteiger partial charge on any atom is 0.221 e. The lowest BCUT2D eigenvalue weighted by Crippen LogP contribution is -2.41. The van der Waals surface area contributed by atoms with Crippen LogP contribution in [0.1, 0.15) is 51.3 Å². The summed E-state index contributed by atoms with van der Waals surface area (Å²) in [4.78, 5) is 11.7. The van der Waals surface area contributed by atoms with Crippen LogP contribution in [-0.4, -0.2) is 23.1 Å². The van der Waals surface area contributed by atoms with Gasteiger partial charge in [-0.2, -0.15) is 0 Å². The van der Waals surface area contributed by atoms with Crippen molar-refractivity contribution in [1.29, 1.82) is 0 Å². The first-order chi connectivity index (χ1) is 9.19. The quantitative estimate of drug-likeness (QED) is 0.776. The molecule has 0 saturated heterocycles. The van der Waals surface area contributed by atoms with E-state index in [1.165, 1.54) is 0 Å². The Bertz CT molecular complexity index is 464. The first-order valence-corrected chi connectivity index (χ1v) is 7.03. The molecule has 0 radical (unpaired) electrons. The third-order valence-electron chi connectivity index (χ3n) is 2.97. The molecule has 0 spiro atoms. The molecule has 1 aromatic rings. The zero-order valence-electron chi connectivity index (χ0n) is 13.1. The van der Waals surface area contributed by atoms with Gasteiger partial charge in [-0.15, -0.1) is 0 Å². The van der Waals surface area contributed by atoms with Crippen molar-refractivity contribution in [3.05, 3.63) is 29.3 Å². The third kappa shape index (κ3) is 5.61. The topological polar surface area (TPSA) is 61.4 Å². The number of hydrogen-bond donors (Lipinski definition) is 3. The number of aromatic hydroxyl groups is 1. The molecule has 3 N–H and O–H groups in total. The van der Waals surface area contributed by atoms with Crippen LogP contribution in [0.2, 0.25) is 0 Å². The lowest BCUT2D eigenvalue weighted by atomic mass is 10.0. The number of amides is 1. The maximum atomic E-state index is 11.7. The Morgan fingerprint density at radius 3 is 2.55 bits per heavy atom. The van der Waals surface area contributed by atoms with Crippen molar-refractivity contribution in [3.63, 3.8) is 0 Å². The molecule has 0 aliphatic rings. The van der Waals surface area contributed by atoms with Gasteiger partial charge in [-0.1, -0.05) is 12.1 Å². The number of benzene rings is 1. The van der Waals surface area contributed by atoms with E-state index in [2.05, 4.69) is 10.6 Å². The van der Waals surface area contributed by atoms with Crippen molar-refractivity contribution in [1.82, 2.24) is 10.6 Å². The molecule has 0 fully saturated rings. The molecule has 1 atom stereocenters. The van der Waals surface area contributed by atoms with Gasteiger partial charge in [0, 0.05) is 30.1 Å². The van der Waals surface area contributed by atoms with Crippen LogP contribution in [0.3, 0.4) is 0 Å². The highest BCUT2D eigenvalue weighted by Crippen LogP contribution is 2.24. The van der Waals surface area contributed by atoms with E-state index in [0.29, 0.717) is 18.7 Å². The Balaban J connectivity index is 2.44. The number of carbonyl (C=O) groups excluding carboxylic acids is 1. The molecule has 0 saturated carbocycles. The molecule has 4 heteroatoms. The van der Waals surface area contributed by atoms with E-state index in [9.17, 15) is 9.90 Å². The van der Waals surface area contributed by atoms with Crippen LogP contribution >= 0.6 is 0 Å². The molecule has 4 nitrogen and oxygen atoms in total. The second kappa shape index (κ2) is 6.75. The highest BCUT2D eigenvalue weighted by atomic mass is 16.3. The van der Waals surface area contributed by atoms with Crippen LogP contribution in [0.15, 0.2) is 18.2 Å². The maximum absolute atomic E-state index is 11.7. The Labute approximate surface area is 121 Å². The van der Waals surface area contributed by atoms with Crippen LogP contribution in [0.25, 0.3) is 0 Å². The smallest absolute Gasteiger partial charge is 0.221 e. The molecule has 0 aliphatic carbocycles. The number of nitrogens with one attached hydrogen (secondary N) is 2. The zero-order valence-corrected chi connectivity index (χ0v) is 13.1. The monoisotopic (exact) mass is 278 g/mol. The molecule has 112 valence electrons. The molecule has 0 heterocycles. The van der Waals surface area contributed by atoms with Gasteiger partial charge >= 0.3 is 0 Å². The van der Waals surface area contributed by atoms with Crippen LogP contribution in [0.4, 0.5) is 0 Å². The normalized spacial score (nSPS) is 13.1. The number of carbonyl (C=O) groups is 1. The van der Waals surface area contributed by atoms with Crippen molar-refractivity contribution in [2.24, 2.45) is 0 Å². The van der Waals surface area contributed by atoms with E-state index in [4.69, 9.17) is 0 Å². The minimum Gasteiger partial charge on any atom is -0.508 e. The van der Waals surface area contributed by atoms with Gasteiger partial charge in [-0.25, -0.2) is 0 Å². The van der Waals surface area contributed by atoms with E-state index >= 15 is 0 Å². The number of rotatable bonds is 5. The van der Waals surface area contributed by atoms with Crippen molar-refractivity contribution in [3.8, 4) is 5.75 Å². The molecular formula is C16H26N2O2. The van der Waals surface area contributed by atoms with Crippen LogP contribution in [-0.2, 0) is 4.79 Å². The highest BCUT2D eigenvalue weighted by molar-refractivity contribution is 5.76. The molecule has 0 aliphatic heterocycles. The lowest BCUT2D eigenvalue weighted by Gasteiger charge is -2.21. The summed E-state index contributed by atoms with van der Waals surface area (Å²) < 4.78 is 0. The summed E-state index contributed by atoms with van der Waals surface area (Å²) in [6.45, 7) is 10.4. The van der Waals surface area contributed by atoms with Crippen LogP contribution < -0.4 is 10.6 Å². The zero-order chi connectivity index (χ0) is 15.3. The summed E-state index contributed by atoms with van der Waals surface area (Å²) in [6, 6.07) is 5.65. The Hall–Kier alpha value is -1.55. The van der Waals surface area contributed by atoms with E-state index in [-0.39, 0.29) is 17.5 Å². The number of aryl methyl sites for hydroxylation is 1.